The number of nitrogens with two attached hydrogens (primary N) is 1. The van der Waals surface area contributed by atoms with Gasteiger partial charge in [0.15, 0.2) is 11.4 Å². The first-order chi connectivity index (χ1) is 17.8. The predicted molar refractivity (Wildman–Crippen MR) is 136 cm³/mol. The maximum atomic E-state index is 14.0. The molecule has 0 aliphatic heterocycles. The largest absolute Gasteiger partial charge is 0.508 e. The standard InChI is InChI=1S/C28H28N2O8/c1-27(37)14-11-15-21(30(2)3)23(33)19(26(29)36)25(35)28(15,38)24(34)17(14)22(32)18-16(31)10-9-13(20(18)27)12-7-5-4-6-8-12/h4-10,14-15,21,31-32,35,37-38H,11H2,1-3H3,(H2,29,36)/t14-,15-,21-,27+,28+/m0/s1. The summed E-state index contributed by atoms with van der Waals surface area (Å²) in [5, 5.41) is 56.9. The van der Waals surface area contributed by atoms with Crippen molar-refractivity contribution in [2.24, 2.45) is 17.6 Å². The van der Waals surface area contributed by atoms with E-state index < -0.39 is 75.0 Å². The highest BCUT2D eigenvalue weighted by molar-refractivity contribution is 6.24. The topological polar surface area (TPSA) is 182 Å². The molecular formula is C28H28N2O8. The fourth-order valence-electron chi connectivity index (χ4n) is 6.49. The molecule has 10 nitrogen and oxygen atoms in total. The molecule has 0 spiro atoms. The summed E-state index contributed by atoms with van der Waals surface area (Å²) in [5.41, 5.74) is 0.536. The third-order valence-corrected chi connectivity index (χ3v) is 8.21. The Hall–Kier alpha value is -3.99. The lowest BCUT2D eigenvalue weighted by Gasteiger charge is -2.53. The summed E-state index contributed by atoms with van der Waals surface area (Å²) in [5.74, 6) is -8.08. The second-order valence-electron chi connectivity index (χ2n) is 10.5. The molecule has 5 rings (SSSR count). The van der Waals surface area contributed by atoms with Crippen LogP contribution in [0.3, 0.4) is 0 Å². The molecule has 1 amide bonds. The maximum Gasteiger partial charge on any atom is 0.255 e. The predicted octanol–water partition coefficient (Wildman–Crippen LogP) is 1.30. The van der Waals surface area contributed by atoms with E-state index in [1.165, 1.54) is 32.0 Å². The Bertz CT molecular complexity index is 1470. The zero-order chi connectivity index (χ0) is 27.9. The second kappa shape index (κ2) is 8.26. The molecular weight excluding hydrogens is 492 g/mol. The fourth-order valence-corrected chi connectivity index (χ4v) is 6.49. The number of nitrogens with zero attached hydrogens (tertiary/aromatic N) is 1. The summed E-state index contributed by atoms with van der Waals surface area (Å²) in [7, 11) is 3.02. The summed E-state index contributed by atoms with van der Waals surface area (Å²) in [6, 6.07) is 10.6. The monoisotopic (exact) mass is 520 g/mol. The lowest BCUT2D eigenvalue weighted by molar-refractivity contribution is -0.159. The quantitative estimate of drug-likeness (QED) is 0.325. The summed E-state index contributed by atoms with van der Waals surface area (Å²) in [6.45, 7) is 1.44. The summed E-state index contributed by atoms with van der Waals surface area (Å²) >= 11 is 0. The van der Waals surface area contributed by atoms with Crippen LogP contribution in [-0.2, 0) is 20.0 Å². The van der Waals surface area contributed by atoms with E-state index in [9.17, 15) is 39.9 Å². The number of aromatic hydroxyl groups is 1. The van der Waals surface area contributed by atoms with Crippen LogP contribution in [0, 0.1) is 11.8 Å². The molecule has 2 aromatic carbocycles. The van der Waals surface area contributed by atoms with Crippen LogP contribution >= 0.6 is 0 Å². The maximum absolute atomic E-state index is 14.0. The highest BCUT2D eigenvalue weighted by Crippen LogP contribution is 2.58. The van der Waals surface area contributed by atoms with Crippen LogP contribution in [0.25, 0.3) is 16.9 Å². The third-order valence-electron chi connectivity index (χ3n) is 8.21. The number of phenols is 1. The lowest BCUT2D eigenvalue weighted by atomic mass is 9.54. The van der Waals surface area contributed by atoms with Gasteiger partial charge in [-0.15, -0.1) is 0 Å². The van der Waals surface area contributed by atoms with E-state index in [1.807, 2.05) is 6.07 Å². The Morgan fingerprint density at radius 1 is 1.03 bits per heavy atom. The Labute approximate surface area is 217 Å². The van der Waals surface area contributed by atoms with Crippen molar-refractivity contribution in [2.45, 2.75) is 30.6 Å². The van der Waals surface area contributed by atoms with Crippen LogP contribution in [0.2, 0.25) is 0 Å². The summed E-state index contributed by atoms with van der Waals surface area (Å²) < 4.78 is 0. The number of ketones is 2. The van der Waals surface area contributed by atoms with Gasteiger partial charge in [0.1, 0.15) is 22.8 Å². The zero-order valence-electron chi connectivity index (χ0n) is 21.0. The molecule has 1 saturated carbocycles. The average molecular weight is 521 g/mol. The molecule has 0 bridgehead atoms. The number of phenolic OH excluding ortho intramolecular Hbond substituents is 1. The first-order valence-corrected chi connectivity index (χ1v) is 12.0. The number of aliphatic hydroxyl groups excluding tert-OH is 2. The van der Waals surface area contributed by atoms with Crippen molar-refractivity contribution in [1.29, 1.82) is 0 Å². The number of amides is 1. The van der Waals surface area contributed by atoms with Crippen LogP contribution < -0.4 is 5.73 Å². The van der Waals surface area contributed by atoms with E-state index >= 15 is 0 Å². The van der Waals surface area contributed by atoms with Gasteiger partial charge < -0.3 is 31.3 Å². The van der Waals surface area contributed by atoms with Crippen molar-refractivity contribution in [1.82, 2.24) is 4.90 Å². The molecule has 5 atom stereocenters. The number of hydrogen-bond donors (Lipinski definition) is 6. The third kappa shape index (κ3) is 3.14. The van der Waals surface area contributed by atoms with Gasteiger partial charge in [0.25, 0.3) is 5.91 Å². The van der Waals surface area contributed by atoms with Crippen molar-refractivity contribution < 1.29 is 39.9 Å². The molecule has 0 aromatic heterocycles. The van der Waals surface area contributed by atoms with Gasteiger partial charge in [0, 0.05) is 23.0 Å². The number of benzene rings is 2. The minimum Gasteiger partial charge on any atom is -0.508 e. The molecule has 1 fully saturated rings. The number of likely N-dealkylation sites (N-methyl/N-ethyl adjacent to an activating group) is 1. The number of rotatable bonds is 3. The average Bonchev–Trinajstić information content (AvgIpc) is 2.84. The SMILES string of the molecule is CN(C)[C@@H]1C(=O)C(C(N)=O)=C(O)[C@]2(O)C(=O)C3=C(O)c4c(O)ccc(-c5ccccc5)c4[C@](C)(O)[C@H]3C[C@@H]12. The van der Waals surface area contributed by atoms with Gasteiger partial charge in [-0.1, -0.05) is 36.4 Å². The first-order valence-electron chi connectivity index (χ1n) is 12.0. The Morgan fingerprint density at radius 2 is 1.66 bits per heavy atom. The van der Waals surface area contributed by atoms with Crippen LogP contribution in [-0.4, -0.2) is 73.6 Å². The van der Waals surface area contributed by atoms with Crippen LogP contribution in [0.15, 0.2) is 59.4 Å². The smallest absolute Gasteiger partial charge is 0.255 e. The van der Waals surface area contributed by atoms with Gasteiger partial charge in [-0.05, 0) is 44.6 Å². The minimum absolute atomic E-state index is 0.175. The number of primary amides is 1. The molecule has 3 aliphatic rings. The lowest BCUT2D eigenvalue weighted by Crippen LogP contribution is -2.67. The van der Waals surface area contributed by atoms with E-state index in [2.05, 4.69) is 0 Å². The van der Waals surface area contributed by atoms with Gasteiger partial charge in [0.2, 0.25) is 5.78 Å². The molecule has 2 aromatic rings. The molecule has 38 heavy (non-hydrogen) atoms. The number of hydrogen-bond acceptors (Lipinski definition) is 9. The van der Waals surface area contributed by atoms with Crippen LogP contribution in [0.5, 0.6) is 5.75 Å². The first kappa shape index (κ1) is 25.7. The molecule has 7 N–H and O–H groups in total. The number of carbonyl (C=O) groups is 3. The molecule has 0 saturated heterocycles. The molecule has 0 unspecified atom stereocenters. The van der Waals surface area contributed by atoms with Crippen LogP contribution in [0.1, 0.15) is 24.5 Å². The molecule has 3 aliphatic carbocycles. The van der Waals surface area contributed by atoms with E-state index in [1.54, 1.807) is 30.3 Å². The van der Waals surface area contributed by atoms with Gasteiger partial charge in [0.05, 0.1) is 17.2 Å². The Balaban J connectivity index is 1.83. The molecule has 0 radical (unpaired) electrons. The number of Topliss-reactive ketones (excluding diaryl/α,β-unsaturated/α-hetero) is 2. The Morgan fingerprint density at radius 3 is 2.24 bits per heavy atom. The summed E-state index contributed by atoms with van der Waals surface area (Å²) in [4.78, 5) is 40.8. The van der Waals surface area contributed by atoms with Crippen molar-refractivity contribution in [3.63, 3.8) is 0 Å². The van der Waals surface area contributed by atoms with E-state index in [0.717, 1.165) is 0 Å². The van der Waals surface area contributed by atoms with Crippen LogP contribution in [0.4, 0.5) is 0 Å². The van der Waals surface area contributed by atoms with Crippen molar-refractivity contribution in [3.8, 4) is 16.9 Å². The zero-order valence-corrected chi connectivity index (χ0v) is 21.0. The van der Waals surface area contributed by atoms with Gasteiger partial charge >= 0.3 is 0 Å². The van der Waals surface area contributed by atoms with Crippen molar-refractivity contribution in [3.05, 3.63) is 70.5 Å². The fraction of sp³-hybridized carbons (Fsp3) is 0.321. The second-order valence-corrected chi connectivity index (χ2v) is 10.5. The van der Waals surface area contributed by atoms with Gasteiger partial charge in [-0.2, -0.15) is 0 Å². The number of fused-ring (bicyclic) bond motifs is 3. The highest BCUT2D eigenvalue weighted by atomic mass is 16.3. The van der Waals surface area contributed by atoms with Crippen molar-refractivity contribution in [2.75, 3.05) is 14.1 Å². The van der Waals surface area contributed by atoms with Gasteiger partial charge in [-0.3, -0.25) is 19.3 Å². The number of aliphatic hydroxyl groups is 4. The highest BCUT2D eigenvalue weighted by Gasteiger charge is 2.66. The van der Waals surface area contributed by atoms with Gasteiger partial charge in [-0.25, -0.2) is 0 Å². The number of carbonyl (C=O) groups excluding carboxylic acids is 3. The van der Waals surface area contributed by atoms with Crippen molar-refractivity contribution >= 4 is 23.2 Å². The van der Waals surface area contributed by atoms with E-state index in [4.69, 9.17) is 5.73 Å². The molecule has 10 heteroatoms. The summed E-state index contributed by atoms with van der Waals surface area (Å²) in [6.07, 6.45) is -0.233. The molecule has 0 heterocycles. The Kier molecular flexibility index (Phi) is 5.57. The van der Waals surface area contributed by atoms with E-state index in [-0.39, 0.29) is 17.5 Å². The normalized spacial score (nSPS) is 30.7. The minimum atomic E-state index is -2.78. The molecule has 198 valence electrons. The van der Waals surface area contributed by atoms with E-state index in [0.29, 0.717) is 11.1 Å².